The average Bonchev–Trinajstić information content (AvgIpc) is 2.94. The van der Waals surface area contributed by atoms with Crippen LogP contribution in [-0.4, -0.2) is 61.6 Å². The largest absolute Gasteiger partial charge is 0.494 e. The molecule has 6 nitrogen and oxygen atoms in total. The number of piperidine rings is 1. The molecule has 0 aromatic heterocycles. The van der Waals surface area contributed by atoms with E-state index in [1.165, 1.54) is 11.3 Å². The first-order chi connectivity index (χ1) is 13.2. The number of hydrogen-bond donors (Lipinski definition) is 0. The lowest BCUT2D eigenvalue weighted by Crippen LogP contribution is -2.37. The molecule has 0 radical (unpaired) electrons. The highest BCUT2D eigenvalue weighted by Gasteiger charge is 2.41. The van der Waals surface area contributed by atoms with Crippen LogP contribution in [-0.2, 0) is 14.3 Å². The molecule has 0 aliphatic carbocycles. The summed E-state index contributed by atoms with van der Waals surface area (Å²) in [6.45, 7) is 5.06. The first kappa shape index (κ1) is 19.4. The molecule has 1 saturated heterocycles. The van der Waals surface area contributed by atoms with Gasteiger partial charge in [0, 0.05) is 33.4 Å². The van der Waals surface area contributed by atoms with Gasteiger partial charge in [-0.3, -0.25) is 14.5 Å². The molecular weight excluding hydrogens is 344 g/mol. The highest BCUT2D eigenvalue weighted by molar-refractivity contribution is 6.35. The number of likely N-dealkylation sites (tertiary alicyclic amines) is 1. The van der Waals surface area contributed by atoms with E-state index in [0.717, 1.165) is 37.2 Å². The van der Waals surface area contributed by atoms with Gasteiger partial charge in [0.2, 0.25) is 0 Å². The third-order valence-electron chi connectivity index (χ3n) is 5.00. The van der Waals surface area contributed by atoms with Crippen molar-refractivity contribution >= 4 is 17.4 Å². The smallest absolute Gasteiger partial charge is 0.277 e. The fourth-order valence-corrected chi connectivity index (χ4v) is 3.69. The fourth-order valence-electron chi connectivity index (χ4n) is 3.69. The molecule has 0 saturated carbocycles. The molecule has 0 bridgehead atoms. The predicted molar refractivity (Wildman–Crippen MR) is 103 cm³/mol. The molecule has 1 fully saturated rings. The van der Waals surface area contributed by atoms with Gasteiger partial charge < -0.3 is 14.4 Å². The van der Waals surface area contributed by atoms with E-state index in [1.54, 1.807) is 7.11 Å². The van der Waals surface area contributed by atoms with Crippen molar-refractivity contribution in [2.24, 2.45) is 0 Å². The summed E-state index contributed by atoms with van der Waals surface area (Å²) in [5.41, 5.74) is 1.84. The van der Waals surface area contributed by atoms with Crippen LogP contribution in [0.3, 0.4) is 0 Å². The molecule has 0 N–H and O–H groups in total. The maximum atomic E-state index is 13.1. The van der Waals surface area contributed by atoms with Crippen LogP contribution in [0.5, 0.6) is 5.75 Å². The van der Waals surface area contributed by atoms with E-state index in [2.05, 4.69) is 4.90 Å². The summed E-state index contributed by atoms with van der Waals surface area (Å²) in [5, 5.41) is 0. The molecule has 6 heteroatoms. The van der Waals surface area contributed by atoms with E-state index >= 15 is 0 Å². The van der Waals surface area contributed by atoms with Crippen LogP contribution in [0.15, 0.2) is 30.0 Å². The molecule has 3 rings (SSSR count). The van der Waals surface area contributed by atoms with Crippen LogP contribution >= 0.6 is 0 Å². The van der Waals surface area contributed by atoms with Crippen LogP contribution in [0.2, 0.25) is 0 Å². The first-order valence-corrected chi connectivity index (χ1v) is 9.75. The summed E-state index contributed by atoms with van der Waals surface area (Å²) in [7, 11) is 1.62. The number of rotatable bonds is 8. The molecule has 0 atom stereocenters. The van der Waals surface area contributed by atoms with Gasteiger partial charge in [0.05, 0.1) is 12.2 Å². The predicted octanol–water partition coefficient (Wildman–Crippen LogP) is 2.69. The molecule has 0 spiro atoms. The van der Waals surface area contributed by atoms with Crippen molar-refractivity contribution in [2.75, 3.05) is 40.0 Å². The van der Waals surface area contributed by atoms with Gasteiger partial charge in [-0.05, 0) is 50.3 Å². The minimum absolute atomic E-state index is 0.179. The van der Waals surface area contributed by atoms with Crippen molar-refractivity contribution in [3.8, 4) is 5.75 Å². The molecule has 27 heavy (non-hydrogen) atoms. The van der Waals surface area contributed by atoms with E-state index in [-0.39, 0.29) is 11.8 Å². The normalized spacial score (nSPS) is 17.9. The Morgan fingerprint density at radius 1 is 1.00 bits per heavy atom. The second-order valence-electron chi connectivity index (χ2n) is 6.84. The van der Waals surface area contributed by atoms with E-state index < -0.39 is 0 Å². The molecule has 2 amide bonds. The number of nitrogens with zero attached hydrogens (tertiary/aromatic N) is 2. The Morgan fingerprint density at radius 2 is 1.70 bits per heavy atom. The third kappa shape index (κ3) is 4.16. The zero-order valence-electron chi connectivity index (χ0n) is 16.2. The lowest BCUT2D eigenvalue weighted by molar-refractivity contribution is -0.137. The molecule has 2 aliphatic heterocycles. The number of ether oxygens (including phenoxy) is 2. The van der Waals surface area contributed by atoms with E-state index in [4.69, 9.17) is 9.47 Å². The van der Waals surface area contributed by atoms with E-state index in [1.807, 2.05) is 31.2 Å². The summed E-state index contributed by atoms with van der Waals surface area (Å²) < 4.78 is 10.6. The third-order valence-corrected chi connectivity index (χ3v) is 5.00. The van der Waals surface area contributed by atoms with Crippen LogP contribution in [0.25, 0.3) is 5.57 Å². The van der Waals surface area contributed by atoms with E-state index in [9.17, 15) is 9.59 Å². The van der Waals surface area contributed by atoms with Crippen LogP contribution in [0, 0.1) is 0 Å². The van der Waals surface area contributed by atoms with E-state index in [0.29, 0.717) is 37.4 Å². The summed E-state index contributed by atoms with van der Waals surface area (Å²) in [5.74, 6) is 0.373. The van der Waals surface area contributed by atoms with Crippen LogP contribution in [0.1, 0.15) is 38.2 Å². The Labute approximate surface area is 160 Å². The molecule has 146 valence electrons. The molecular formula is C21H28N2O4. The molecule has 1 aromatic rings. The van der Waals surface area contributed by atoms with Gasteiger partial charge in [-0.1, -0.05) is 12.1 Å². The maximum Gasteiger partial charge on any atom is 0.277 e. The van der Waals surface area contributed by atoms with Crippen molar-refractivity contribution in [2.45, 2.75) is 32.6 Å². The van der Waals surface area contributed by atoms with Crippen molar-refractivity contribution in [1.82, 2.24) is 9.80 Å². The number of benzene rings is 1. The summed E-state index contributed by atoms with van der Waals surface area (Å²) in [4.78, 5) is 29.7. The number of imide groups is 1. The second-order valence-corrected chi connectivity index (χ2v) is 6.84. The number of carbonyl (C=O) groups is 2. The van der Waals surface area contributed by atoms with Crippen LogP contribution in [0.4, 0.5) is 0 Å². The average molecular weight is 372 g/mol. The van der Waals surface area contributed by atoms with Gasteiger partial charge in [0.15, 0.2) is 0 Å². The van der Waals surface area contributed by atoms with Crippen molar-refractivity contribution in [3.05, 3.63) is 35.5 Å². The molecule has 1 aromatic carbocycles. The molecule has 2 heterocycles. The SMILES string of the molecule is CCOc1ccc(C2=C(N3CCCCC3)C(=O)N(CCCOC)C2=O)cc1. The minimum atomic E-state index is -0.208. The quantitative estimate of drug-likeness (QED) is 0.519. The topological polar surface area (TPSA) is 59.1 Å². The lowest BCUT2D eigenvalue weighted by Gasteiger charge is -2.29. The Bertz CT molecular complexity index is 705. The summed E-state index contributed by atoms with van der Waals surface area (Å²) in [6, 6.07) is 7.44. The van der Waals surface area contributed by atoms with Crippen molar-refractivity contribution in [1.29, 1.82) is 0 Å². The minimum Gasteiger partial charge on any atom is -0.494 e. The zero-order valence-corrected chi connectivity index (χ0v) is 16.2. The second kappa shape index (κ2) is 9.04. The van der Waals surface area contributed by atoms with Crippen molar-refractivity contribution in [3.63, 3.8) is 0 Å². The highest BCUT2D eigenvalue weighted by Crippen LogP contribution is 2.33. The fraction of sp³-hybridized carbons (Fsp3) is 0.524. The number of hydrogen-bond acceptors (Lipinski definition) is 5. The molecule has 2 aliphatic rings. The first-order valence-electron chi connectivity index (χ1n) is 9.75. The van der Waals surface area contributed by atoms with Crippen LogP contribution < -0.4 is 4.74 Å². The number of amides is 2. The van der Waals surface area contributed by atoms with Gasteiger partial charge in [0.25, 0.3) is 11.8 Å². The van der Waals surface area contributed by atoms with Gasteiger partial charge in [0.1, 0.15) is 11.4 Å². The number of methoxy groups -OCH3 is 1. The van der Waals surface area contributed by atoms with Gasteiger partial charge in [-0.2, -0.15) is 0 Å². The standard InChI is InChI=1S/C21H28N2O4/c1-3-27-17-10-8-16(9-11-17)18-19(22-12-5-4-6-13-22)21(25)23(20(18)24)14-7-15-26-2/h8-11H,3-7,12-15H2,1-2H3. The zero-order chi connectivity index (χ0) is 19.2. The maximum absolute atomic E-state index is 13.1. The summed E-state index contributed by atoms with van der Waals surface area (Å²) in [6.07, 6.45) is 3.90. The Hall–Kier alpha value is -2.34. The summed E-state index contributed by atoms with van der Waals surface area (Å²) >= 11 is 0. The Balaban J connectivity index is 1.93. The van der Waals surface area contributed by atoms with Crippen molar-refractivity contribution < 1.29 is 19.1 Å². The van der Waals surface area contributed by atoms with Gasteiger partial charge >= 0.3 is 0 Å². The Morgan fingerprint density at radius 3 is 2.33 bits per heavy atom. The van der Waals surface area contributed by atoms with Gasteiger partial charge in [-0.25, -0.2) is 0 Å². The molecule has 0 unspecified atom stereocenters. The highest BCUT2D eigenvalue weighted by atomic mass is 16.5. The van der Waals surface area contributed by atoms with Gasteiger partial charge in [-0.15, -0.1) is 0 Å². The number of carbonyl (C=O) groups excluding carboxylic acids is 2. The Kier molecular flexibility index (Phi) is 6.50. The monoisotopic (exact) mass is 372 g/mol. The lowest BCUT2D eigenvalue weighted by atomic mass is 10.0.